The summed E-state index contributed by atoms with van der Waals surface area (Å²) in [6.07, 6.45) is 2.78. The van der Waals surface area contributed by atoms with Gasteiger partial charge in [-0.2, -0.15) is 0 Å². The first-order valence-electron chi connectivity index (χ1n) is 9.05. The SMILES string of the molecule is C=C.CCN1CCN(CC2CCN(C)CC2)C(C(C)(C)C)C1. The van der Waals surface area contributed by atoms with Crippen LogP contribution in [0.15, 0.2) is 13.2 Å². The van der Waals surface area contributed by atoms with Gasteiger partial charge in [-0.1, -0.05) is 27.7 Å². The maximum Gasteiger partial charge on any atom is 0.0272 e. The minimum Gasteiger partial charge on any atom is -0.306 e. The highest BCUT2D eigenvalue weighted by Crippen LogP contribution is 2.29. The lowest BCUT2D eigenvalue weighted by Gasteiger charge is -2.48. The quantitative estimate of drug-likeness (QED) is 0.741. The summed E-state index contributed by atoms with van der Waals surface area (Å²) in [5.74, 6) is 0.921. The highest BCUT2D eigenvalue weighted by Gasteiger charge is 2.36. The Kier molecular flexibility index (Phi) is 8.09. The van der Waals surface area contributed by atoms with Crippen LogP contribution in [-0.2, 0) is 0 Å². The fraction of sp³-hybridized carbons (Fsp3) is 0.895. The van der Waals surface area contributed by atoms with Gasteiger partial charge in [0.1, 0.15) is 0 Å². The van der Waals surface area contributed by atoms with Gasteiger partial charge in [-0.3, -0.25) is 4.90 Å². The van der Waals surface area contributed by atoms with Gasteiger partial charge in [0.2, 0.25) is 0 Å². The van der Waals surface area contributed by atoms with E-state index in [1.807, 2.05) is 0 Å². The van der Waals surface area contributed by atoms with E-state index in [0.717, 1.165) is 12.0 Å². The Bertz CT molecular complexity index is 302. The Labute approximate surface area is 139 Å². The Morgan fingerprint density at radius 3 is 2.09 bits per heavy atom. The number of likely N-dealkylation sites (tertiary alicyclic amines) is 1. The van der Waals surface area contributed by atoms with Crippen LogP contribution in [-0.4, -0.2) is 73.6 Å². The van der Waals surface area contributed by atoms with Gasteiger partial charge >= 0.3 is 0 Å². The van der Waals surface area contributed by atoms with Crippen molar-refractivity contribution < 1.29 is 0 Å². The molecule has 3 heteroatoms. The van der Waals surface area contributed by atoms with Crippen molar-refractivity contribution in [3.8, 4) is 0 Å². The number of piperidine rings is 1. The summed E-state index contributed by atoms with van der Waals surface area (Å²) in [5, 5.41) is 0. The van der Waals surface area contributed by atoms with Crippen LogP contribution in [0.25, 0.3) is 0 Å². The number of piperazine rings is 1. The zero-order valence-corrected chi connectivity index (χ0v) is 15.8. The minimum atomic E-state index is 0.388. The number of hydrogen-bond acceptors (Lipinski definition) is 3. The molecular weight excluding hydrogens is 270 g/mol. The van der Waals surface area contributed by atoms with Crippen LogP contribution in [0.1, 0.15) is 40.5 Å². The molecule has 0 aliphatic carbocycles. The molecule has 130 valence electrons. The van der Waals surface area contributed by atoms with E-state index in [9.17, 15) is 0 Å². The number of hydrogen-bond donors (Lipinski definition) is 0. The smallest absolute Gasteiger partial charge is 0.0272 e. The maximum absolute atomic E-state index is 3.00. The van der Waals surface area contributed by atoms with E-state index in [2.05, 4.69) is 62.6 Å². The summed E-state index contributed by atoms with van der Waals surface area (Å²) < 4.78 is 0. The summed E-state index contributed by atoms with van der Waals surface area (Å²) in [6, 6.07) is 0.718. The first kappa shape index (κ1) is 19.7. The monoisotopic (exact) mass is 309 g/mol. The molecular formula is C19H39N3. The molecule has 0 bridgehead atoms. The molecule has 3 nitrogen and oxygen atoms in total. The largest absolute Gasteiger partial charge is 0.306 e. The molecule has 2 aliphatic heterocycles. The van der Waals surface area contributed by atoms with Crippen LogP contribution in [0.2, 0.25) is 0 Å². The molecule has 0 spiro atoms. The van der Waals surface area contributed by atoms with E-state index in [1.54, 1.807) is 0 Å². The molecule has 2 heterocycles. The van der Waals surface area contributed by atoms with Gasteiger partial charge in [0, 0.05) is 32.2 Å². The van der Waals surface area contributed by atoms with Crippen molar-refractivity contribution in [2.45, 2.75) is 46.6 Å². The third-order valence-electron chi connectivity index (χ3n) is 5.35. The molecule has 22 heavy (non-hydrogen) atoms. The zero-order chi connectivity index (χ0) is 16.8. The van der Waals surface area contributed by atoms with Crippen LogP contribution in [0.4, 0.5) is 0 Å². The fourth-order valence-electron chi connectivity index (χ4n) is 3.78. The predicted molar refractivity (Wildman–Crippen MR) is 98.4 cm³/mol. The lowest BCUT2D eigenvalue weighted by atomic mass is 9.83. The average molecular weight is 310 g/mol. The summed E-state index contributed by atoms with van der Waals surface area (Å²) in [4.78, 5) is 7.91. The van der Waals surface area contributed by atoms with E-state index in [1.165, 1.54) is 58.7 Å². The lowest BCUT2D eigenvalue weighted by Crippen LogP contribution is -2.59. The second-order valence-corrected chi connectivity index (χ2v) is 8.02. The fourth-order valence-corrected chi connectivity index (χ4v) is 3.78. The highest BCUT2D eigenvalue weighted by atomic mass is 15.3. The Morgan fingerprint density at radius 2 is 1.59 bits per heavy atom. The third kappa shape index (κ3) is 5.68. The standard InChI is InChI=1S/C17H35N3.C2H4/c1-6-19-11-12-20(16(14-19)17(2,3)4)13-15-7-9-18(5)10-8-15;1-2/h15-16H,6-14H2,1-5H3;1-2H2. The molecule has 0 aromatic heterocycles. The second kappa shape index (κ2) is 9.05. The topological polar surface area (TPSA) is 9.72 Å². The molecule has 0 N–H and O–H groups in total. The van der Waals surface area contributed by atoms with Crippen molar-refractivity contribution in [2.75, 3.05) is 52.9 Å². The van der Waals surface area contributed by atoms with Crippen molar-refractivity contribution >= 4 is 0 Å². The van der Waals surface area contributed by atoms with Gasteiger partial charge in [-0.15, -0.1) is 13.2 Å². The number of rotatable bonds is 3. The minimum absolute atomic E-state index is 0.388. The Hall–Kier alpha value is -0.380. The molecule has 1 unspecified atom stereocenters. The van der Waals surface area contributed by atoms with E-state index >= 15 is 0 Å². The summed E-state index contributed by atoms with van der Waals surface area (Å²) >= 11 is 0. The van der Waals surface area contributed by atoms with Gasteiger partial charge in [0.25, 0.3) is 0 Å². The molecule has 1 atom stereocenters. The first-order valence-corrected chi connectivity index (χ1v) is 9.05. The lowest BCUT2D eigenvalue weighted by molar-refractivity contribution is 0.00272. The van der Waals surface area contributed by atoms with Crippen LogP contribution >= 0.6 is 0 Å². The van der Waals surface area contributed by atoms with E-state index < -0.39 is 0 Å². The van der Waals surface area contributed by atoms with Gasteiger partial charge in [-0.05, 0) is 50.9 Å². The van der Waals surface area contributed by atoms with Crippen LogP contribution < -0.4 is 0 Å². The summed E-state index contributed by atoms with van der Waals surface area (Å²) in [7, 11) is 2.26. The molecule has 0 radical (unpaired) electrons. The predicted octanol–water partition coefficient (Wildman–Crippen LogP) is 3.18. The van der Waals surface area contributed by atoms with Crippen molar-refractivity contribution in [1.29, 1.82) is 0 Å². The molecule has 2 rings (SSSR count). The van der Waals surface area contributed by atoms with E-state index in [-0.39, 0.29) is 0 Å². The Balaban J connectivity index is 0.00000116. The van der Waals surface area contributed by atoms with Gasteiger partial charge < -0.3 is 9.80 Å². The Morgan fingerprint density at radius 1 is 1.00 bits per heavy atom. The molecule has 0 amide bonds. The van der Waals surface area contributed by atoms with E-state index in [4.69, 9.17) is 0 Å². The molecule has 0 saturated carbocycles. The molecule has 2 fully saturated rings. The molecule has 2 aliphatic rings. The number of likely N-dealkylation sites (N-methyl/N-ethyl adjacent to an activating group) is 1. The summed E-state index contributed by atoms with van der Waals surface area (Å²) in [5.41, 5.74) is 0.388. The third-order valence-corrected chi connectivity index (χ3v) is 5.35. The van der Waals surface area contributed by atoms with Crippen LogP contribution in [0.3, 0.4) is 0 Å². The van der Waals surface area contributed by atoms with Gasteiger partial charge in [0.05, 0.1) is 0 Å². The van der Waals surface area contributed by atoms with Crippen molar-refractivity contribution in [2.24, 2.45) is 11.3 Å². The zero-order valence-electron chi connectivity index (χ0n) is 15.8. The van der Waals surface area contributed by atoms with Crippen molar-refractivity contribution in [3.63, 3.8) is 0 Å². The van der Waals surface area contributed by atoms with E-state index in [0.29, 0.717) is 5.41 Å². The average Bonchev–Trinajstić information content (AvgIpc) is 2.51. The van der Waals surface area contributed by atoms with Crippen LogP contribution in [0.5, 0.6) is 0 Å². The summed E-state index contributed by atoms with van der Waals surface area (Å²) in [6.45, 7) is 24.4. The second-order valence-electron chi connectivity index (χ2n) is 8.02. The van der Waals surface area contributed by atoms with Gasteiger partial charge in [0.15, 0.2) is 0 Å². The van der Waals surface area contributed by atoms with Crippen LogP contribution in [0, 0.1) is 11.3 Å². The maximum atomic E-state index is 3.00. The molecule has 2 saturated heterocycles. The number of nitrogens with zero attached hydrogens (tertiary/aromatic N) is 3. The van der Waals surface area contributed by atoms with Gasteiger partial charge in [-0.25, -0.2) is 0 Å². The first-order chi connectivity index (χ1) is 10.4. The normalized spacial score (nSPS) is 26.5. The highest BCUT2D eigenvalue weighted by molar-refractivity contribution is 4.91. The van der Waals surface area contributed by atoms with Crippen molar-refractivity contribution in [3.05, 3.63) is 13.2 Å². The molecule has 0 aromatic carbocycles. The molecule has 0 aromatic rings. The van der Waals surface area contributed by atoms with Crippen molar-refractivity contribution in [1.82, 2.24) is 14.7 Å².